The summed E-state index contributed by atoms with van der Waals surface area (Å²) in [5.41, 5.74) is 0. The summed E-state index contributed by atoms with van der Waals surface area (Å²) in [6.45, 7) is 1.29. The Morgan fingerprint density at radius 2 is 2.05 bits per heavy atom. The molecule has 0 radical (unpaired) electrons. The largest absolute Gasteiger partial charge is 0.354 e. The van der Waals surface area contributed by atoms with Gasteiger partial charge in [-0.1, -0.05) is 6.42 Å². The van der Waals surface area contributed by atoms with Crippen molar-refractivity contribution in [3.8, 4) is 0 Å². The number of hydrogen-bond donors (Lipinski definition) is 2. The highest BCUT2D eigenvalue weighted by Gasteiger charge is 2.42. The number of anilines is 1. The average Bonchev–Trinajstić information content (AvgIpc) is 3.07. The van der Waals surface area contributed by atoms with E-state index in [9.17, 15) is 4.79 Å². The zero-order valence-electron chi connectivity index (χ0n) is 11.0. The first-order valence-electron chi connectivity index (χ1n) is 7.11. The molecule has 1 aromatic rings. The quantitative estimate of drug-likeness (QED) is 0.786. The first kappa shape index (κ1) is 12.4. The molecule has 1 amide bonds. The standard InChI is InChI=1S/C14H20N4O/c19-13(12-9-10-2-3-11(12)8-10)15-6-7-18-14-16-4-1-5-17-14/h1,4-5,10-12H,2-3,6-9H2,(H,15,19)(H,16,17,18)/t10-,11-,12-/m1/s1. The van der Waals surface area contributed by atoms with Crippen LogP contribution in [0.25, 0.3) is 0 Å². The maximum atomic E-state index is 12.1. The Balaban J connectivity index is 1.37. The minimum absolute atomic E-state index is 0.239. The number of carbonyl (C=O) groups is 1. The molecule has 0 aliphatic heterocycles. The summed E-state index contributed by atoms with van der Waals surface area (Å²) in [7, 11) is 0. The van der Waals surface area contributed by atoms with E-state index in [1.165, 1.54) is 19.3 Å². The van der Waals surface area contributed by atoms with Crippen LogP contribution in [0.4, 0.5) is 5.95 Å². The molecule has 0 unspecified atom stereocenters. The van der Waals surface area contributed by atoms with E-state index < -0.39 is 0 Å². The van der Waals surface area contributed by atoms with Gasteiger partial charge in [0.05, 0.1) is 0 Å². The summed E-state index contributed by atoms with van der Waals surface area (Å²) in [5.74, 6) is 2.58. The average molecular weight is 260 g/mol. The Kier molecular flexibility index (Phi) is 3.62. The van der Waals surface area contributed by atoms with Crippen molar-refractivity contribution >= 4 is 11.9 Å². The van der Waals surface area contributed by atoms with Crippen LogP contribution in [0, 0.1) is 17.8 Å². The van der Waals surface area contributed by atoms with Crippen LogP contribution in [-0.4, -0.2) is 29.0 Å². The molecule has 2 fully saturated rings. The molecule has 2 saturated carbocycles. The molecule has 3 rings (SSSR count). The highest BCUT2D eigenvalue weighted by molar-refractivity contribution is 5.79. The van der Waals surface area contributed by atoms with E-state index in [1.54, 1.807) is 18.5 Å². The molecule has 0 saturated heterocycles. The van der Waals surface area contributed by atoms with Crippen molar-refractivity contribution in [3.63, 3.8) is 0 Å². The third kappa shape index (κ3) is 2.85. The molecule has 2 aliphatic carbocycles. The maximum Gasteiger partial charge on any atom is 0.223 e. The molecular formula is C14H20N4O. The zero-order chi connectivity index (χ0) is 13.1. The predicted octanol–water partition coefficient (Wildman–Crippen LogP) is 1.44. The Morgan fingerprint density at radius 1 is 1.21 bits per heavy atom. The normalized spacial score (nSPS) is 28.3. The second-order valence-corrected chi connectivity index (χ2v) is 5.57. The van der Waals surface area contributed by atoms with Crippen molar-refractivity contribution in [3.05, 3.63) is 18.5 Å². The number of amides is 1. The van der Waals surface area contributed by atoms with E-state index in [4.69, 9.17) is 0 Å². The van der Waals surface area contributed by atoms with Crippen LogP contribution in [-0.2, 0) is 4.79 Å². The Labute approximate surface area is 113 Å². The number of nitrogens with zero attached hydrogens (tertiary/aromatic N) is 2. The molecule has 0 aromatic carbocycles. The lowest BCUT2D eigenvalue weighted by Gasteiger charge is -2.20. The van der Waals surface area contributed by atoms with E-state index >= 15 is 0 Å². The number of aromatic nitrogens is 2. The summed E-state index contributed by atoms with van der Waals surface area (Å²) in [4.78, 5) is 20.2. The molecule has 2 N–H and O–H groups in total. The second kappa shape index (κ2) is 5.55. The van der Waals surface area contributed by atoms with E-state index in [-0.39, 0.29) is 11.8 Å². The van der Waals surface area contributed by atoms with Gasteiger partial charge < -0.3 is 10.6 Å². The van der Waals surface area contributed by atoms with Gasteiger partial charge in [-0.05, 0) is 37.2 Å². The van der Waals surface area contributed by atoms with Gasteiger partial charge in [0.25, 0.3) is 0 Å². The number of fused-ring (bicyclic) bond motifs is 2. The fraction of sp³-hybridized carbons (Fsp3) is 0.643. The first-order valence-corrected chi connectivity index (χ1v) is 7.11. The lowest BCUT2D eigenvalue weighted by Crippen LogP contribution is -2.36. The molecule has 2 bridgehead atoms. The van der Waals surface area contributed by atoms with Crippen LogP contribution in [0.15, 0.2) is 18.5 Å². The van der Waals surface area contributed by atoms with E-state index in [0.717, 1.165) is 12.3 Å². The van der Waals surface area contributed by atoms with Crippen molar-refractivity contribution in [2.24, 2.45) is 17.8 Å². The van der Waals surface area contributed by atoms with Crippen LogP contribution in [0.2, 0.25) is 0 Å². The van der Waals surface area contributed by atoms with Crippen molar-refractivity contribution in [1.29, 1.82) is 0 Å². The van der Waals surface area contributed by atoms with Gasteiger partial charge in [-0.2, -0.15) is 0 Å². The lowest BCUT2D eigenvalue weighted by molar-refractivity contribution is -0.126. The molecule has 3 atom stereocenters. The Bertz CT molecular complexity index is 436. The van der Waals surface area contributed by atoms with Crippen LogP contribution in [0.1, 0.15) is 25.7 Å². The van der Waals surface area contributed by atoms with Crippen LogP contribution < -0.4 is 10.6 Å². The molecule has 102 valence electrons. The van der Waals surface area contributed by atoms with E-state index in [2.05, 4.69) is 20.6 Å². The molecule has 1 heterocycles. The molecule has 5 nitrogen and oxygen atoms in total. The summed E-state index contributed by atoms with van der Waals surface area (Å²) in [5, 5.41) is 6.11. The first-order chi connectivity index (χ1) is 9.33. The van der Waals surface area contributed by atoms with Gasteiger partial charge in [-0.3, -0.25) is 4.79 Å². The van der Waals surface area contributed by atoms with Gasteiger partial charge in [0.2, 0.25) is 11.9 Å². The molecule has 5 heteroatoms. The molecule has 0 spiro atoms. The monoisotopic (exact) mass is 260 g/mol. The van der Waals surface area contributed by atoms with Crippen LogP contribution >= 0.6 is 0 Å². The predicted molar refractivity (Wildman–Crippen MR) is 72.5 cm³/mol. The fourth-order valence-electron chi connectivity index (χ4n) is 3.45. The summed E-state index contributed by atoms with van der Waals surface area (Å²) < 4.78 is 0. The van der Waals surface area contributed by atoms with Gasteiger partial charge in [-0.25, -0.2) is 9.97 Å². The van der Waals surface area contributed by atoms with Gasteiger partial charge in [0.1, 0.15) is 0 Å². The van der Waals surface area contributed by atoms with E-state index in [0.29, 0.717) is 25.0 Å². The van der Waals surface area contributed by atoms with E-state index in [1.807, 2.05) is 0 Å². The smallest absolute Gasteiger partial charge is 0.223 e. The summed E-state index contributed by atoms with van der Waals surface area (Å²) in [6, 6.07) is 1.78. The maximum absolute atomic E-state index is 12.1. The van der Waals surface area contributed by atoms with Crippen molar-refractivity contribution in [1.82, 2.24) is 15.3 Å². The lowest BCUT2D eigenvalue weighted by atomic mass is 9.88. The highest BCUT2D eigenvalue weighted by atomic mass is 16.1. The van der Waals surface area contributed by atoms with Crippen molar-refractivity contribution < 1.29 is 4.79 Å². The van der Waals surface area contributed by atoms with Crippen LogP contribution in [0.3, 0.4) is 0 Å². The molecule has 2 aliphatic rings. The van der Waals surface area contributed by atoms with Gasteiger partial charge in [0, 0.05) is 31.4 Å². The third-order valence-corrected chi connectivity index (χ3v) is 4.35. The Morgan fingerprint density at radius 3 is 2.74 bits per heavy atom. The number of hydrogen-bond acceptors (Lipinski definition) is 4. The molecule has 1 aromatic heterocycles. The zero-order valence-corrected chi connectivity index (χ0v) is 11.0. The second-order valence-electron chi connectivity index (χ2n) is 5.57. The van der Waals surface area contributed by atoms with Crippen LogP contribution in [0.5, 0.6) is 0 Å². The molecular weight excluding hydrogens is 240 g/mol. The molecule has 19 heavy (non-hydrogen) atoms. The van der Waals surface area contributed by atoms with Gasteiger partial charge >= 0.3 is 0 Å². The minimum atomic E-state index is 0.239. The number of carbonyl (C=O) groups excluding carboxylic acids is 1. The third-order valence-electron chi connectivity index (χ3n) is 4.35. The SMILES string of the molecule is O=C(NCCNc1ncccn1)[C@@H]1C[C@@H]2CC[C@@H]1C2. The highest BCUT2D eigenvalue weighted by Crippen LogP contribution is 2.48. The number of rotatable bonds is 5. The van der Waals surface area contributed by atoms with Crippen molar-refractivity contribution in [2.45, 2.75) is 25.7 Å². The Hall–Kier alpha value is -1.65. The topological polar surface area (TPSA) is 66.9 Å². The van der Waals surface area contributed by atoms with Crippen molar-refractivity contribution in [2.75, 3.05) is 18.4 Å². The number of nitrogens with one attached hydrogen (secondary N) is 2. The fourth-order valence-corrected chi connectivity index (χ4v) is 3.45. The van der Waals surface area contributed by atoms with Gasteiger partial charge in [-0.15, -0.1) is 0 Å². The summed E-state index contributed by atoms with van der Waals surface area (Å²) in [6.07, 6.45) is 8.35. The summed E-state index contributed by atoms with van der Waals surface area (Å²) >= 11 is 0. The van der Waals surface area contributed by atoms with Gasteiger partial charge in [0.15, 0.2) is 0 Å². The minimum Gasteiger partial charge on any atom is -0.354 e.